The maximum absolute atomic E-state index is 12.3. The Kier molecular flexibility index (Phi) is 2.17. The quantitative estimate of drug-likeness (QED) is 0.712. The largest absolute Gasteiger partial charge is 0.406 e. The van der Waals surface area contributed by atoms with Crippen molar-refractivity contribution in [3.63, 3.8) is 0 Å². The number of aryl methyl sites for hydroxylation is 1. The number of benzene rings is 1. The molecule has 79 valence electrons. The molecule has 0 unspecified atom stereocenters. The first kappa shape index (κ1) is 10.0. The second kappa shape index (κ2) is 3.25. The Balaban J connectivity index is 2.54. The lowest BCUT2D eigenvalue weighted by molar-refractivity contribution is -0.140. The van der Waals surface area contributed by atoms with E-state index in [2.05, 4.69) is 11.1 Å². The summed E-state index contributed by atoms with van der Waals surface area (Å²) >= 11 is 0. The van der Waals surface area contributed by atoms with Crippen molar-refractivity contribution >= 4 is 11.0 Å². The molecule has 0 amide bonds. The molecule has 0 aliphatic carbocycles. The van der Waals surface area contributed by atoms with Crippen LogP contribution in [0.1, 0.15) is 5.82 Å². The summed E-state index contributed by atoms with van der Waals surface area (Å²) in [5, 5.41) is 0. The van der Waals surface area contributed by atoms with Crippen molar-refractivity contribution in [1.82, 2.24) is 9.55 Å². The number of fused-ring (bicyclic) bond motifs is 1. The number of alkyl halides is 3. The molecule has 1 aromatic heterocycles. The lowest BCUT2D eigenvalue weighted by atomic mass is 10.3. The van der Waals surface area contributed by atoms with Crippen LogP contribution in [0.4, 0.5) is 13.2 Å². The Labute approximate surface area is 84.3 Å². The van der Waals surface area contributed by atoms with E-state index in [1.165, 1.54) is 0 Å². The van der Waals surface area contributed by atoms with Crippen molar-refractivity contribution in [3.8, 4) is 0 Å². The number of imidazole rings is 1. The zero-order valence-electron chi connectivity index (χ0n) is 7.97. The summed E-state index contributed by atoms with van der Waals surface area (Å²) in [7, 11) is 0. The lowest BCUT2D eigenvalue weighted by Gasteiger charge is -2.09. The zero-order valence-corrected chi connectivity index (χ0v) is 7.97. The van der Waals surface area contributed by atoms with Crippen LogP contribution in [0.15, 0.2) is 18.2 Å². The van der Waals surface area contributed by atoms with E-state index in [9.17, 15) is 13.2 Å². The average molecular weight is 213 g/mol. The molecule has 0 aliphatic rings. The Morgan fingerprint density at radius 1 is 1.47 bits per heavy atom. The number of rotatable bonds is 1. The van der Waals surface area contributed by atoms with Crippen molar-refractivity contribution < 1.29 is 13.2 Å². The van der Waals surface area contributed by atoms with Gasteiger partial charge in [-0.1, -0.05) is 6.07 Å². The van der Waals surface area contributed by atoms with Crippen molar-refractivity contribution in [2.45, 2.75) is 19.6 Å². The summed E-state index contributed by atoms with van der Waals surface area (Å²) in [5.74, 6) is 0.363. The summed E-state index contributed by atoms with van der Waals surface area (Å²) in [5.41, 5.74) is 1.03. The smallest absolute Gasteiger partial charge is 0.319 e. The van der Waals surface area contributed by atoms with Crippen molar-refractivity contribution in [2.75, 3.05) is 0 Å². The fourth-order valence-corrected chi connectivity index (χ4v) is 1.52. The molecule has 1 heterocycles. The minimum Gasteiger partial charge on any atom is -0.319 e. The van der Waals surface area contributed by atoms with Gasteiger partial charge < -0.3 is 4.57 Å². The van der Waals surface area contributed by atoms with Crippen LogP contribution in [-0.2, 0) is 6.54 Å². The zero-order chi connectivity index (χ0) is 11.1. The molecule has 5 heteroatoms. The van der Waals surface area contributed by atoms with E-state index in [1.54, 1.807) is 25.1 Å². The molecular formula is C10H8F3N2. The maximum Gasteiger partial charge on any atom is 0.406 e. The van der Waals surface area contributed by atoms with Crippen LogP contribution in [0.5, 0.6) is 0 Å². The normalized spacial score (nSPS) is 12.3. The number of hydrogen-bond donors (Lipinski definition) is 0. The van der Waals surface area contributed by atoms with E-state index >= 15 is 0 Å². The Morgan fingerprint density at radius 2 is 2.20 bits per heavy atom. The highest BCUT2D eigenvalue weighted by Crippen LogP contribution is 2.22. The van der Waals surface area contributed by atoms with Crippen LogP contribution < -0.4 is 0 Å². The third-order valence-electron chi connectivity index (χ3n) is 2.12. The molecule has 0 bridgehead atoms. The Bertz CT molecular complexity index is 485. The predicted molar refractivity (Wildman–Crippen MR) is 49.4 cm³/mol. The predicted octanol–water partition coefficient (Wildman–Crippen LogP) is 2.71. The number of aromatic nitrogens is 2. The van der Waals surface area contributed by atoms with Gasteiger partial charge in [0, 0.05) is 0 Å². The Hall–Kier alpha value is -1.52. The van der Waals surface area contributed by atoms with Gasteiger partial charge in [0.05, 0.1) is 11.0 Å². The van der Waals surface area contributed by atoms with Gasteiger partial charge in [-0.25, -0.2) is 4.98 Å². The summed E-state index contributed by atoms with van der Waals surface area (Å²) < 4.78 is 38.0. The van der Waals surface area contributed by atoms with Gasteiger partial charge >= 0.3 is 6.18 Å². The molecular weight excluding hydrogens is 205 g/mol. The van der Waals surface area contributed by atoms with Gasteiger partial charge in [-0.3, -0.25) is 0 Å². The molecule has 2 nitrogen and oxygen atoms in total. The van der Waals surface area contributed by atoms with Crippen LogP contribution >= 0.6 is 0 Å². The first-order valence-corrected chi connectivity index (χ1v) is 4.37. The molecule has 1 radical (unpaired) electrons. The lowest BCUT2D eigenvalue weighted by Crippen LogP contribution is -2.18. The first-order chi connectivity index (χ1) is 6.97. The average Bonchev–Trinajstić information content (AvgIpc) is 2.41. The highest BCUT2D eigenvalue weighted by Gasteiger charge is 2.29. The molecule has 0 saturated heterocycles. The van der Waals surface area contributed by atoms with E-state index in [0.29, 0.717) is 16.9 Å². The third kappa shape index (κ3) is 1.95. The van der Waals surface area contributed by atoms with Gasteiger partial charge in [-0.2, -0.15) is 13.2 Å². The minimum absolute atomic E-state index is 0.363. The summed E-state index contributed by atoms with van der Waals surface area (Å²) in [6, 6.07) is 7.52. The van der Waals surface area contributed by atoms with Crippen LogP contribution in [0.2, 0.25) is 0 Å². The van der Waals surface area contributed by atoms with E-state index in [0.717, 1.165) is 4.57 Å². The molecule has 1 aromatic carbocycles. The summed E-state index contributed by atoms with van der Waals surface area (Å²) in [6.45, 7) is 0.561. The summed E-state index contributed by atoms with van der Waals surface area (Å²) in [6.07, 6.45) is -4.22. The highest BCUT2D eigenvalue weighted by molar-refractivity contribution is 5.75. The molecule has 0 saturated carbocycles. The minimum atomic E-state index is -4.22. The van der Waals surface area contributed by atoms with E-state index in [-0.39, 0.29) is 0 Å². The SMILES string of the molecule is Cc1nc2c[c]ccc2n1CC(F)(F)F. The standard InChI is InChI=1S/C10H8F3N2/c1-7-14-8-4-2-3-5-9(8)15(7)6-10(11,12)13/h3-5H,6H2,1H3. The van der Waals surface area contributed by atoms with E-state index < -0.39 is 12.7 Å². The van der Waals surface area contributed by atoms with E-state index in [1.807, 2.05) is 0 Å². The van der Waals surface area contributed by atoms with Crippen molar-refractivity contribution in [3.05, 3.63) is 30.1 Å². The molecule has 2 aromatic rings. The van der Waals surface area contributed by atoms with Crippen molar-refractivity contribution in [2.24, 2.45) is 0 Å². The van der Waals surface area contributed by atoms with Crippen LogP contribution in [0.3, 0.4) is 0 Å². The second-order valence-corrected chi connectivity index (χ2v) is 3.28. The van der Waals surface area contributed by atoms with Gasteiger partial charge in [0.15, 0.2) is 0 Å². The monoisotopic (exact) mass is 213 g/mol. The fourth-order valence-electron chi connectivity index (χ4n) is 1.52. The summed E-state index contributed by atoms with van der Waals surface area (Å²) in [4.78, 5) is 4.03. The van der Waals surface area contributed by atoms with Gasteiger partial charge in [0.25, 0.3) is 0 Å². The maximum atomic E-state index is 12.3. The topological polar surface area (TPSA) is 17.8 Å². The van der Waals surface area contributed by atoms with Gasteiger partial charge in [0.1, 0.15) is 12.4 Å². The van der Waals surface area contributed by atoms with Gasteiger partial charge in [0.2, 0.25) is 0 Å². The van der Waals surface area contributed by atoms with Crippen molar-refractivity contribution in [1.29, 1.82) is 0 Å². The molecule has 15 heavy (non-hydrogen) atoms. The van der Waals surface area contributed by atoms with Gasteiger partial charge in [-0.05, 0) is 25.1 Å². The van der Waals surface area contributed by atoms with Gasteiger partial charge in [-0.15, -0.1) is 0 Å². The number of nitrogens with zero attached hydrogens (tertiary/aromatic N) is 2. The fraction of sp³-hybridized carbons (Fsp3) is 0.300. The van der Waals surface area contributed by atoms with E-state index in [4.69, 9.17) is 0 Å². The van der Waals surface area contributed by atoms with Crippen LogP contribution in [0, 0.1) is 13.0 Å². The first-order valence-electron chi connectivity index (χ1n) is 4.37. The molecule has 0 N–H and O–H groups in total. The number of hydrogen-bond acceptors (Lipinski definition) is 1. The second-order valence-electron chi connectivity index (χ2n) is 3.28. The molecule has 0 fully saturated rings. The van der Waals surface area contributed by atoms with Crippen LogP contribution in [-0.4, -0.2) is 15.7 Å². The molecule has 0 aliphatic heterocycles. The molecule has 2 rings (SSSR count). The molecule has 0 atom stereocenters. The Morgan fingerprint density at radius 3 is 2.87 bits per heavy atom. The highest BCUT2D eigenvalue weighted by atomic mass is 19.4. The van der Waals surface area contributed by atoms with Crippen LogP contribution in [0.25, 0.3) is 11.0 Å². The molecule has 0 spiro atoms. The number of halogens is 3. The third-order valence-corrected chi connectivity index (χ3v) is 2.12.